The van der Waals surface area contributed by atoms with Crippen LogP contribution in [0.3, 0.4) is 0 Å². The fourth-order valence-corrected chi connectivity index (χ4v) is 12.8. The minimum atomic E-state index is -0.261. The fourth-order valence-electron chi connectivity index (χ4n) is 12.8. The second-order valence-electron chi connectivity index (χ2n) is 21.6. The molecule has 0 amide bonds. The Labute approximate surface area is 440 Å². The predicted octanol–water partition coefficient (Wildman–Crippen LogP) is 17.2. The molecule has 12 aromatic carbocycles. The van der Waals surface area contributed by atoms with Crippen LogP contribution in [0.1, 0.15) is 49.9 Å². The molecule has 0 spiro atoms. The van der Waals surface area contributed by atoms with Crippen molar-refractivity contribution in [3.63, 3.8) is 0 Å². The fraction of sp³-hybridized carbons (Fsp3) is 0.0833. The number of fused-ring (bicyclic) bond motifs is 7. The number of hydrogen-bond donors (Lipinski definition) is 0. The molecule has 0 N–H and O–H groups in total. The zero-order valence-corrected chi connectivity index (χ0v) is 42.8. The average Bonchev–Trinajstić information content (AvgIpc) is 3.50. The molecule has 2 heterocycles. The van der Waals surface area contributed by atoms with Crippen molar-refractivity contribution in [2.75, 3.05) is 9.80 Å². The molecule has 3 heteroatoms. The van der Waals surface area contributed by atoms with Crippen LogP contribution < -0.4 is 26.2 Å². The maximum absolute atomic E-state index is 2.58. The van der Waals surface area contributed by atoms with Gasteiger partial charge in [-0.25, -0.2) is 0 Å². The molecule has 2 aliphatic rings. The molecule has 0 radical (unpaired) electrons. The van der Waals surface area contributed by atoms with E-state index in [0.717, 1.165) is 11.4 Å². The number of hydrogen-bond acceptors (Lipinski definition) is 2. The zero-order valence-electron chi connectivity index (χ0n) is 42.8. The Morgan fingerprint density at radius 2 is 0.680 bits per heavy atom. The predicted molar refractivity (Wildman–Crippen MR) is 321 cm³/mol. The molecule has 356 valence electrons. The molecule has 12 aromatic rings. The van der Waals surface area contributed by atoms with E-state index in [-0.39, 0.29) is 17.5 Å². The maximum atomic E-state index is 2.58. The second-order valence-corrected chi connectivity index (χ2v) is 21.6. The van der Waals surface area contributed by atoms with Crippen molar-refractivity contribution in [1.82, 2.24) is 0 Å². The normalized spacial score (nSPS) is 13.0. The van der Waals surface area contributed by atoms with E-state index in [2.05, 4.69) is 298 Å². The first-order valence-electron chi connectivity index (χ1n) is 26.5. The zero-order chi connectivity index (χ0) is 50.4. The van der Waals surface area contributed by atoms with Gasteiger partial charge in [0.15, 0.2) is 0 Å². The first kappa shape index (κ1) is 44.8. The first-order chi connectivity index (χ1) is 36.7. The van der Waals surface area contributed by atoms with Gasteiger partial charge in [-0.15, -0.1) is 0 Å². The number of nitrogens with zero attached hydrogens (tertiary/aromatic N) is 2. The van der Waals surface area contributed by atoms with E-state index in [1.807, 2.05) is 0 Å². The Morgan fingerprint density at radius 1 is 0.293 bits per heavy atom. The second kappa shape index (κ2) is 17.4. The van der Waals surface area contributed by atoms with Gasteiger partial charge in [-0.05, 0) is 148 Å². The molecule has 0 fully saturated rings. The van der Waals surface area contributed by atoms with Crippen LogP contribution in [0.4, 0.5) is 34.1 Å². The molecule has 2 aliphatic heterocycles. The summed E-state index contributed by atoms with van der Waals surface area (Å²) in [5, 5.41) is 7.42. The molecule has 14 rings (SSSR count). The summed E-state index contributed by atoms with van der Waals surface area (Å²) < 4.78 is 0. The first-order valence-corrected chi connectivity index (χ1v) is 26.5. The maximum Gasteiger partial charge on any atom is 0.252 e. The molecule has 75 heavy (non-hydrogen) atoms. The minimum absolute atomic E-state index is 0.0551. The Morgan fingerprint density at radius 3 is 1.13 bits per heavy atom. The van der Waals surface area contributed by atoms with Crippen LogP contribution in [-0.4, -0.2) is 6.71 Å². The summed E-state index contributed by atoms with van der Waals surface area (Å²) >= 11 is 0. The number of benzene rings is 12. The van der Waals surface area contributed by atoms with E-state index in [1.165, 1.54) is 116 Å². The molecule has 2 nitrogen and oxygen atoms in total. The number of anilines is 6. The summed E-state index contributed by atoms with van der Waals surface area (Å²) in [5.74, 6) is 0. The van der Waals surface area contributed by atoms with Crippen LogP contribution in [0.5, 0.6) is 0 Å². The van der Waals surface area contributed by atoms with Crippen molar-refractivity contribution < 1.29 is 0 Å². The lowest BCUT2D eigenvalue weighted by atomic mass is 9.33. The van der Waals surface area contributed by atoms with Gasteiger partial charge in [0.1, 0.15) is 0 Å². The Balaban J connectivity index is 1.10. The molecule has 0 unspecified atom stereocenters. The van der Waals surface area contributed by atoms with E-state index in [1.54, 1.807) is 0 Å². The van der Waals surface area contributed by atoms with Gasteiger partial charge in [0.25, 0.3) is 6.71 Å². The van der Waals surface area contributed by atoms with Crippen LogP contribution in [-0.2, 0) is 10.8 Å². The van der Waals surface area contributed by atoms with Crippen LogP contribution in [0, 0.1) is 0 Å². The highest BCUT2D eigenvalue weighted by Crippen LogP contribution is 2.51. The van der Waals surface area contributed by atoms with Gasteiger partial charge in [-0.1, -0.05) is 234 Å². The third kappa shape index (κ3) is 7.09. The Kier molecular flexibility index (Phi) is 10.4. The monoisotopic (exact) mass is 958 g/mol. The summed E-state index contributed by atoms with van der Waals surface area (Å²) in [6.45, 7) is 9.41. The highest BCUT2D eigenvalue weighted by Gasteiger charge is 2.45. The van der Waals surface area contributed by atoms with Gasteiger partial charge in [0.05, 0.1) is 0 Å². The summed E-state index contributed by atoms with van der Waals surface area (Å²) in [5.41, 5.74) is 20.4. The van der Waals surface area contributed by atoms with Crippen molar-refractivity contribution in [3.8, 4) is 22.3 Å². The summed E-state index contributed by atoms with van der Waals surface area (Å²) in [6.07, 6.45) is 0. The van der Waals surface area contributed by atoms with E-state index in [0.29, 0.717) is 0 Å². The van der Waals surface area contributed by atoms with Crippen LogP contribution >= 0.6 is 0 Å². The summed E-state index contributed by atoms with van der Waals surface area (Å²) in [4.78, 5) is 5.15. The van der Waals surface area contributed by atoms with E-state index in [9.17, 15) is 0 Å². The van der Waals surface area contributed by atoms with E-state index < -0.39 is 0 Å². The van der Waals surface area contributed by atoms with E-state index in [4.69, 9.17) is 0 Å². The molecule has 0 aromatic heterocycles. The quantitative estimate of drug-likeness (QED) is 0.111. The standard InChI is InChI=1S/C72H55BN2/c1-71(2,52-25-9-5-10-26-52)54-39-41-62-64(46-54)74(56-29-13-7-14-30-56)66-44-51(69-60-35-21-19-33-58(60)68(59-34-20-22-36-61(59)69)50-38-37-48-23-17-18-24-49(48)43-50)45-67-70(66)73(62)63-42-40-55(72(3,4)53-27-11-6-12-28-53)47-65(63)75(67)57-31-15-8-16-32-57/h5-47H,1-4H3. The van der Waals surface area contributed by atoms with Gasteiger partial charge >= 0.3 is 0 Å². The lowest BCUT2D eigenvalue weighted by molar-refractivity contribution is 0.641. The van der Waals surface area contributed by atoms with Crippen LogP contribution in [0.25, 0.3) is 54.6 Å². The molecule has 0 saturated carbocycles. The SMILES string of the molecule is CC(C)(c1ccccc1)c1ccc2c(c1)N(c1ccccc1)c1cc(-c3c4ccccc4c(-c4ccc5ccccc5c4)c4ccccc34)cc3c1B2c1ccc(C(C)(C)c2ccccc2)cc1N3c1ccccc1. The van der Waals surface area contributed by atoms with E-state index >= 15 is 0 Å². The highest BCUT2D eigenvalue weighted by atomic mass is 15.2. The lowest BCUT2D eigenvalue weighted by Crippen LogP contribution is -2.61. The molecule has 0 saturated heterocycles. The molecule has 0 aliphatic carbocycles. The smallest absolute Gasteiger partial charge is 0.252 e. The van der Waals surface area contributed by atoms with Gasteiger partial charge < -0.3 is 9.80 Å². The summed E-state index contributed by atoms with van der Waals surface area (Å²) in [6, 6.07) is 97.7. The topological polar surface area (TPSA) is 6.48 Å². The number of rotatable bonds is 8. The minimum Gasteiger partial charge on any atom is -0.311 e. The Bertz CT molecular complexity index is 3960. The van der Waals surface area contributed by atoms with Crippen LogP contribution in [0.2, 0.25) is 0 Å². The van der Waals surface area contributed by atoms with Gasteiger partial charge in [0.2, 0.25) is 0 Å². The third-order valence-electron chi connectivity index (χ3n) is 16.8. The van der Waals surface area contributed by atoms with Crippen molar-refractivity contribution in [1.29, 1.82) is 0 Å². The number of para-hydroxylation sites is 2. The largest absolute Gasteiger partial charge is 0.311 e. The Hall–Kier alpha value is -8.92. The van der Waals surface area contributed by atoms with Crippen molar-refractivity contribution >= 4 is 89.5 Å². The van der Waals surface area contributed by atoms with Crippen molar-refractivity contribution in [2.45, 2.75) is 38.5 Å². The molecule has 0 bridgehead atoms. The van der Waals surface area contributed by atoms with Crippen molar-refractivity contribution in [3.05, 3.63) is 283 Å². The lowest BCUT2D eigenvalue weighted by Gasteiger charge is -2.45. The van der Waals surface area contributed by atoms with Crippen molar-refractivity contribution in [2.24, 2.45) is 0 Å². The van der Waals surface area contributed by atoms with Gasteiger partial charge in [0, 0.05) is 45.0 Å². The van der Waals surface area contributed by atoms with Gasteiger partial charge in [-0.2, -0.15) is 0 Å². The van der Waals surface area contributed by atoms with Gasteiger partial charge in [-0.3, -0.25) is 0 Å². The molecule has 0 atom stereocenters. The molecular weight excluding hydrogens is 904 g/mol. The summed E-state index contributed by atoms with van der Waals surface area (Å²) in [7, 11) is 0. The molecular formula is C72H55BN2. The highest BCUT2D eigenvalue weighted by molar-refractivity contribution is 7.00. The third-order valence-corrected chi connectivity index (χ3v) is 16.8. The van der Waals surface area contributed by atoms with Crippen LogP contribution in [0.15, 0.2) is 261 Å². The average molecular weight is 959 g/mol.